The highest BCUT2D eigenvalue weighted by Gasteiger charge is 2.31. The van der Waals surface area contributed by atoms with Gasteiger partial charge in [-0.15, -0.1) is 0 Å². The van der Waals surface area contributed by atoms with Crippen molar-refractivity contribution in [2.24, 2.45) is 10.4 Å². The smallest absolute Gasteiger partial charge is 0.243 e. The Morgan fingerprint density at radius 3 is 2.41 bits per heavy atom. The topological polar surface area (TPSA) is 56.7 Å². The summed E-state index contributed by atoms with van der Waals surface area (Å²) in [5.74, 6) is 0.792. The zero-order valence-electron chi connectivity index (χ0n) is 15.0. The lowest BCUT2D eigenvalue weighted by molar-refractivity contribution is -0.127. The number of hydrogen-bond donors (Lipinski definition) is 2. The van der Waals surface area contributed by atoms with Crippen molar-refractivity contribution < 1.29 is 4.79 Å². The Bertz CT molecular complexity index is 373. The molecule has 1 atom stereocenters. The molecule has 22 heavy (non-hydrogen) atoms. The van der Waals surface area contributed by atoms with Gasteiger partial charge < -0.3 is 15.5 Å². The molecular weight excluding hydrogens is 276 g/mol. The molecule has 1 amide bonds. The molecule has 128 valence electrons. The van der Waals surface area contributed by atoms with E-state index in [2.05, 4.69) is 36.4 Å². The molecule has 1 fully saturated rings. The quantitative estimate of drug-likeness (QED) is 0.561. The Morgan fingerprint density at radius 2 is 1.91 bits per heavy atom. The number of carbonyl (C=O) groups is 1. The first kappa shape index (κ1) is 18.8. The first-order valence-corrected chi connectivity index (χ1v) is 8.67. The molecule has 5 nitrogen and oxygen atoms in total. The second kappa shape index (κ2) is 9.01. The summed E-state index contributed by atoms with van der Waals surface area (Å²) in [4.78, 5) is 17.8. The van der Waals surface area contributed by atoms with Gasteiger partial charge in [0.25, 0.3) is 0 Å². The zero-order valence-corrected chi connectivity index (χ0v) is 15.0. The van der Waals surface area contributed by atoms with Crippen LogP contribution < -0.4 is 10.6 Å². The van der Waals surface area contributed by atoms with Gasteiger partial charge in [-0.25, -0.2) is 4.99 Å². The van der Waals surface area contributed by atoms with Gasteiger partial charge >= 0.3 is 0 Å². The summed E-state index contributed by atoms with van der Waals surface area (Å²) in [5, 5.41) is 6.88. The first-order chi connectivity index (χ1) is 10.4. The van der Waals surface area contributed by atoms with Crippen LogP contribution in [0.1, 0.15) is 59.3 Å². The van der Waals surface area contributed by atoms with E-state index >= 15 is 0 Å². The van der Waals surface area contributed by atoms with Crippen molar-refractivity contribution in [1.29, 1.82) is 0 Å². The Hall–Kier alpha value is -1.26. The van der Waals surface area contributed by atoms with Crippen molar-refractivity contribution >= 4 is 11.9 Å². The van der Waals surface area contributed by atoms with E-state index in [1.807, 2.05) is 0 Å². The van der Waals surface area contributed by atoms with E-state index in [1.54, 1.807) is 19.0 Å². The molecule has 1 aliphatic carbocycles. The number of nitrogens with zero attached hydrogens (tertiary/aromatic N) is 2. The summed E-state index contributed by atoms with van der Waals surface area (Å²) >= 11 is 0. The van der Waals surface area contributed by atoms with E-state index < -0.39 is 0 Å². The van der Waals surface area contributed by atoms with Crippen molar-refractivity contribution in [1.82, 2.24) is 15.5 Å². The molecule has 1 rings (SSSR count). The lowest BCUT2D eigenvalue weighted by Gasteiger charge is -2.29. The minimum Gasteiger partial charge on any atom is -0.356 e. The first-order valence-electron chi connectivity index (χ1n) is 8.67. The molecule has 0 radical (unpaired) electrons. The summed E-state index contributed by atoms with van der Waals surface area (Å²) in [6, 6.07) is 0.349. The molecule has 0 spiro atoms. The minimum absolute atomic E-state index is 0.0244. The Kier molecular flexibility index (Phi) is 7.69. The molecule has 1 unspecified atom stereocenters. The molecule has 0 aromatic carbocycles. The van der Waals surface area contributed by atoms with Gasteiger partial charge in [-0.1, -0.05) is 26.7 Å². The largest absolute Gasteiger partial charge is 0.356 e. The van der Waals surface area contributed by atoms with Gasteiger partial charge in [-0.3, -0.25) is 4.79 Å². The summed E-state index contributed by atoms with van der Waals surface area (Å²) in [7, 11) is 3.52. The number of carbonyl (C=O) groups excluding carboxylic acids is 1. The molecule has 2 N–H and O–H groups in total. The van der Waals surface area contributed by atoms with Gasteiger partial charge in [0.15, 0.2) is 5.96 Å². The van der Waals surface area contributed by atoms with Crippen LogP contribution in [0, 0.1) is 5.41 Å². The lowest BCUT2D eigenvalue weighted by Crippen LogP contribution is -2.46. The molecule has 1 saturated carbocycles. The van der Waals surface area contributed by atoms with Crippen molar-refractivity contribution in [2.45, 2.75) is 65.3 Å². The van der Waals surface area contributed by atoms with E-state index in [0.717, 1.165) is 18.9 Å². The van der Waals surface area contributed by atoms with E-state index in [1.165, 1.54) is 32.1 Å². The van der Waals surface area contributed by atoms with Crippen LogP contribution in [0.5, 0.6) is 0 Å². The highest BCUT2D eigenvalue weighted by molar-refractivity contribution is 5.84. The van der Waals surface area contributed by atoms with Gasteiger partial charge in [0.05, 0.1) is 0 Å². The van der Waals surface area contributed by atoms with Gasteiger partial charge in [-0.2, -0.15) is 0 Å². The SMILES string of the molecule is CCC(C)NC(=NCC(=O)N(C)C)NCC1(CC)CCCC1. The standard InChI is InChI=1S/C17H34N4O/c1-6-14(3)20-16(18-12-15(22)21(4)5)19-13-17(7-2)10-8-9-11-17/h14H,6-13H2,1-5H3,(H2,18,19,20). The Balaban J connectivity index is 2.64. The fraction of sp³-hybridized carbons (Fsp3) is 0.882. The van der Waals surface area contributed by atoms with Gasteiger partial charge in [0.2, 0.25) is 5.91 Å². The van der Waals surface area contributed by atoms with Crippen LogP contribution in [-0.4, -0.2) is 50.0 Å². The molecular formula is C17H34N4O. The number of nitrogens with one attached hydrogen (secondary N) is 2. The van der Waals surface area contributed by atoms with Gasteiger partial charge in [-0.05, 0) is 38.0 Å². The lowest BCUT2D eigenvalue weighted by atomic mass is 9.83. The minimum atomic E-state index is 0.0244. The average molecular weight is 310 g/mol. The fourth-order valence-corrected chi connectivity index (χ4v) is 2.83. The molecule has 0 heterocycles. The molecule has 1 aliphatic rings. The molecule has 0 bridgehead atoms. The average Bonchev–Trinajstić information content (AvgIpc) is 2.98. The maximum atomic E-state index is 11.7. The fourth-order valence-electron chi connectivity index (χ4n) is 2.83. The van der Waals surface area contributed by atoms with Crippen LogP contribution in [0.2, 0.25) is 0 Å². The normalized spacial score (nSPS) is 18.9. The zero-order chi connectivity index (χ0) is 16.6. The number of aliphatic imine (C=N–C) groups is 1. The van der Waals surface area contributed by atoms with E-state index in [-0.39, 0.29) is 12.5 Å². The van der Waals surface area contributed by atoms with Crippen LogP contribution >= 0.6 is 0 Å². The summed E-state index contributed by atoms with van der Waals surface area (Å²) in [5.41, 5.74) is 0.406. The highest BCUT2D eigenvalue weighted by Crippen LogP contribution is 2.40. The predicted molar refractivity (Wildman–Crippen MR) is 93.1 cm³/mol. The Morgan fingerprint density at radius 1 is 1.27 bits per heavy atom. The Labute approximate surface area is 135 Å². The van der Waals surface area contributed by atoms with E-state index in [9.17, 15) is 4.79 Å². The molecule has 0 saturated heterocycles. The predicted octanol–water partition coefficient (Wildman–Crippen LogP) is 2.38. The van der Waals surface area contributed by atoms with Crippen LogP contribution in [0.15, 0.2) is 4.99 Å². The second-order valence-electron chi connectivity index (χ2n) is 6.82. The third-order valence-electron chi connectivity index (χ3n) is 4.91. The number of hydrogen-bond acceptors (Lipinski definition) is 2. The molecule has 5 heteroatoms. The maximum Gasteiger partial charge on any atom is 0.243 e. The molecule has 0 aromatic heterocycles. The number of guanidine groups is 1. The summed E-state index contributed by atoms with van der Waals surface area (Å²) in [6.07, 6.45) is 7.49. The van der Waals surface area contributed by atoms with Crippen LogP contribution in [0.4, 0.5) is 0 Å². The van der Waals surface area contributed by atoms with E-state index in [0.29, 0.717) is 11.5 Å². The molecule has 0 aromatic rings. The van der Waals surface area contributed by atoms with Crippen molar-refractivity contribution in [2.75, 3.05) is 27.2 Å². The number of amides is 1. The van der Waals surface area contributed by atoms with Crippen LogP contribution in [0.25, 0.3) is 0 Å². The maximum absolute atomic E-state index is 11.7. The number of rotatable bonds is 7. The third kappa shape index (κ3) is 5.85. The summed E-state index contributed by atoms with van der Waals surface area (Å²) in [6.45, 7) is 7.70. The monoisotopic (exact) mass is 310 g/mol. The van der Waals surface area contributed by atoms with Crippen molar-refractivity contribution in [3.63, 3.8) is 0 Å². The van der Waals surface area contributed by atoms with Crippen LogP contribution in [-0.2, 0) is 4.79 Å². The summed E-state index contributed by atoms with van der Waals surface area (Å²) < 4.78 is 0. The van der Waals surface area contributed by atoms with Gasteiger partial charge in [0.1, 0.15) is 6.54 Å². The van der Waals surface area contributed by atoms with Gasteiger partial charge in [0, 0.05) is 26.7 Å². The highest BCUT2D eigenvalue weighted by atomic mass is 16.2. The third-order valence-corrected chi connectivity index (χ3v) is 4.91. The molecule has 0 aliphatic heterocycles. The van der Waals surface area contributed by atoms with Crippen molar-refractivity contribution in [3.8, 4) is 0 Å². The number of likely N-dealkylation sites (N-methyl/N-ethyl adjacent to an activating group) is 1. The van der Waals surface area contributed by atoms with Crippen LogP contribution in [0.3, 0.4) is 0 Å². The second-order valence-corrected chi connectivity index (χ2v) is 6.82. The van der Waals surface area contributed by atoms with E-state index in [4.69, 9.17) is 0 Å². The van der Waals surface area contributed by atoms with Crippen molar-refractivity contribution in [3.05, 3.63) is 0 Å².